The van der Waals surface area contributed by atoms with E-state index in [0.29, 0.717) is 6.54 Å². The van der Waals surface area contributed by atoms with Crippen molar-refractivity contribution in [3.05, 3.63) is 69.4 Å². The first kappa shape index (κ1) is 14.2. The van der Waals surface area contributed by atoms with E-state index in [9.17, 15) is 4.39 Å². The van der Waals surface area contributed by atoms with Gasteiger partial charge in [-0.3, -0.25) is 0 Å². The van der Waals surface area contributed by atoms with Crippen molar-refractivity contribution in [1.82, 2.24) is 0 Å². The predicted octanol–water partition coefficient (Wildman–Crippen LogP) is 4.18. The van der Waals surface area contributed by atoms with Crippen LogP contribution in [0.5, 0.6) is 0 Å². The summed E-state index contributed by atoms with van der Waals surface area (Å²) >= 11 is 3.46. The lowest BCUT2D eigenvalue weighted by atomic mass is 9.91. The molecule has 100 valence electrons. The summed E-state index contributed by atoms with van der Waals surface area (Å²) in [4.78, 5) is 0. The molecule has 0 aliphatic rings. The highest BCUT2D eigenvalue weighted by molar-refractivity contribution is 9.10. The van der Waals surface area contributed by atoms with E-state index in [-0.39, 0.29) is 11.7 Å². The van der Waals surface area contributed by atoms with Crippen molar-refractivity contribution in [3.63, 3.8) is 0 Å². The Hall–Kier alpha value is -1.19. The standard InChI is InChI=1S/C16H17BrFN/c1-11-2-4-12(5-3-11)14(10-19)8-13-9-15(18)6-7-16(13)17/h2-7,9,14H,8,10,19H2,1H3. The molecule has 0 heterocycles. The van der Waals surface area contributed by atoms with Gasteiger partial charge < -0.3 is 5.73 Å². The largest absolute Gasteiger partial charge is 0.330 e. The quantitative estimate of drug-likeness (QED) is 0.898. The summed E-state index contributed by atoms with van der Waals surface area (Å²) in [5, 5.41) is 0. The first-order chi connectivity index (χ1) is 9.10. The lowest BCUT2D eigenvalue weighted by molar-refractivity contribution is 0.620. The molecule has 2 N–H and O–H groups in total. The third-order valence-corrected chi connectivity index (χ3v) is 4.08. The van der Waals surface area contributed by atoms with Gasteiger partial charge in [0.05, 0.1) is 0 Å². The van der Waals surface area contributed by atoms with Gasteiger partial charge in [-0.15, -0.1) is 0 Å². The zero-order valence-corrected chi connectivity index (χ0v) is 12.5. The van der Waals surface area contributed by atoms with Crippen LogP contribution in [0, 0.1) is 12.7 Å². The molecule has 0 amide bonds. The number of aryl methyl sites for hydroxylation is 1. The third-order valence-electron chi connectivity index (χ3n) is 3.31. The van der Waals surface area contributed by atoms with Crippen LogP contribution in [0.2, 0.25) is 0 Å². The van der Waals surface area contributed by atoms with Crippen molar-refractivity contribution in [2.45, 2.75) is 19.3 Å². The number of hydrogen-bond acceptors (Lipinski definition) is 1. The predicted molar refractivity (Wildman–Crippen MR) is 80.8 cm³/mol. The summed E-state index contributed by atoms with van der Waals surface area (Å²) < 4.78 is 14.2. The van der Waals surface area contributed by atoms with Crippen molar-refractivity contribution in [3.8, 4) is 0 Å². The number of halogens is 2. The SMILES string of the molecule is Cc1ccc(C(CN)Cc2cc(F)ccc2Br)cc1. The van der Waals surface area contributed by atoms with Gasteiger partial charge in [0.15, 0.2) is 0 Å². The number of hydrogen-bond donors (Lipinski definition) is 1. The highest BCUT2D eigenvalue weighted by Gasteiger charge is 2.13. The van der Waals surface area contributed by atoms with E-state index in [2.05, 4.69) is 47.1 Å². The summed E-state index contributed by atoms with van der Waals surface area (Å²) in [6, 6.07) is 13.1. The van der Waals surface area contributed by atoms with Crippen LogP contribution >= 0.6 is 15.9 Å². The molecule has 2 aromatic carbocycles. The van der Waals surface area contributed by atoms with Crippen LogP contribution in [0.4, 0.5) is 4.39 Å². The Morgan fingerprint density at radius 3 is 2.47 bits per heavy atom. The molecular weight excluding hydrogens is 305 g/mol. The van der Waals surface area contributed by atoms with Crippen LogP contribution in [0.15, 0.2) is 46.9 Å². The first-order valence-corrected chi connectivity index (χ1v) is 7.10. The molecular formula is C16H17BrFN. The number of rotatable bonds is 4. The minimum absolute atomic E-state index is 0.207. The van der Waals surface area contributed by atoms with Gasteiger partial charge in [-0.25, -0.2) is 4.39 Å². The van der Waals surface area contributed by atoms with Crippen molar-refractivity contribution in [2.24, 2.45) is 5.73 Å². The first-order valence-electron chi connectivity index (χ1n) is 6.30. The van der Waals surface area contributed by atoms with Gasteiger partial charge in [-0.05, 0) is 49.2 Å². The van der Waals surface area contributed by atoms with Crippen LogP contribution in [0.3, 0.4) is 0 Å². The fourth-order valence-electron chi connectivity index (χ4n) is 2.14. The molecule has 0 saturated carbocycles. The maximum atomic E-state index is 13.3. The average molecular weight is 322 g/mol. The van der Waals surface area contributed by atoms with Gasteiger partial charge in [0.1, 0.15) is 5.82 Å². The molecule has 2 rings (SSSR count). The summed E-state index contributed by atoms with van der Waals surface area (Å²) in [7, 11) is 0. The fourth-order valence-corrected chi connectivity index (χ4v) is 2.55. The molecule has 0 fully saturated rings. The van der Waals surface area contributed by atoms with E-state index in [1.165, 1.54) is 17.2 Å². The van der Waals surface area contributed by atoms with Crippen molar-refractivity contribution >= 4 is 15.9 Å². The second-order valence-corrected chi connectivity index (χ2v) is 5.64. The lowest BCUT2D eigenvalue weighted by Crippen LogP contribution is -2.15. The second-order valence-electron chi connectivity index (χ2n) is 4.78. The zero-order chi connectivity index (χ0) is 13.8. The lowest BCUT2D eigenvalue weighted by Gasteiger charge is -2.16. The van der Waals surface area contributed by atoms with Crippen molar-refractivity contribution < 1.29 is 4.39 Å². The van der Waals surface area contributed by atoms with Crippen LogP contribution in [0.1, 0.15) is 22.6 Å². The van der Waals surface area contributed by atoms with Crippen LogP contribution in [-0.2, 0) is 6.42 Å². The van der Waals surface area contributed by atoms with E-state index in [1.54, 1.807) is 12.1 Å². The number of benzene rings is 2. The molecule has 0 radical (unpaired) electrons. The fraction of sp³-hybridized carbons (Fsp3) is 0.250. The van der Waals surface area contributed by atoms with Gasteiger partial charge >= 0.3 is 0 Å². The highest BCUT2D eigenvalue weighted by Crippen LogP contribution is 2.26. The molecule has 0 aromatic heterocycles. The second kappa shape index (κ2) is 6.31. The third kappa shape index (κ3) is 3.64. The normalized spacial score (nSPS) is 12.4. The molecule has 1 atom stereocenters. The monoisotopic (exact) mass is 321 g/mol. The minimum Gasteiger partial charge on any atom is -0.330 e. The molecule has 0 spiro atoms. The van der Waals surface area contributed by atoms with E-state index < -0.39 is 0 Å². The van der Waals surface area contributed by atoms with Crippen LogP contribution < -0.4 is 5.73 Å². The van der Waals surface area contributed by atoms with Gasteiger partial charge in [-0.2, -0.15) is 0 Å². The maximum absolute atomic E-state index is 13.3. The van der Waals surface area contributed by atoms with Crippen molar-refractivity contribution in [1.29, 1.82) is 0 Å². The van der Waals surface area contributed by atoms with Crippen molar-refractivity contribution in [2.75, 3.05) is 6.54 Å². The molecule has 3 heteroatoms. The Morgan fingerprint density at radius 2 is 1.84 bits per heavy atom. The Bertz CT molecular complexity index is 551. The van der Waals surface area contributed by atoms with Gasteiger partial charge in [0.25, 0.3) is 0 Å². The summed E-state index contributed by atoms with van der Waals surface area (Å²) in [5.41, 5.74) is 9.25. The summed E-state index contributed by atoms with van der Waals surface area (Å²) in [6.45, 7) is 2.61. The van der Waals surface area contributed by atoms with E-state index >= 15 is 0 Å². The average Bonchev–Trinajstić information content (AvgIpc) is 2.41. The van der Waals surface area contributed by atoms with Gasteiger partial charge in [-0.1, -0.05) is 45.8 Å². The molecule has 2 aromatic rings. The zero-order valence-electron chi connectivity index (χ0n) is 10.9. The van der Waals surface area contributed by atoms with E-state index in [0.717, 1.165) is 16.5 Å². The molecule has 0 saturated heterocycles. The molecule has 1 unspecified atom stereocenters. The van der Waals surface area contributed by atoms with Gasteiger partial charge in [0, 0.05) is 10.4 Å². The Balaban J connectivity index is 2.23. The molecule has 19 heavy (non-hydrogen) atoms. The minimum atomic E-state index is -0.210. The van der Waals surface area contributed by atoms with Crippen LogP contribution in [0.25, 0.3) is 0 Å². The molecule has 0 aliphatic carbocycles. The summed E-state index contributed by atoms with van der Waals surface area (Å²) in [6.07, 6.45) is 0.734. The number of nitrogens with two attached hydrogens (primary N) is 1. The molecule has 0 bridgehead atoms. The van der Waals surface area contributed by atoms with Gasteiger partial charge in [0.2, 0.25) is 0 Å². The Kier molecular flexibility index (Phi) is 4.72. The summed E-state index contributed by atoms with van der Waals surface area (Å²) in [5.74, 6) is -0.00317. The smallest absolute Gasteiger partial charge is 0.123 e. The topological polar surface area (TPSA) is 26.0 Å². The maximum Gasteiger partial charge on any atom is 0.123 e. The highest BCUT2D eigenvalue weighted by atomic mass is 79.9. The Morgan fingerprint density at radius 1 is 1.16 bits per heavy atom. The van der Waals surface area contributed by atoms with Crippen LogP contribution in [-0.4, -0.2) is 6.54 Å². The van der Waals surface area contributed by atoms with E-state index in [1.807, 2.05) is 0 Å². The molecule has 1 nitrogen and oxygen atoms in total. The Labute approximate surface area is 121 Å². The molecule has 0 aliphatic heterocycles. The van der Waals surface area contributed by atoms with E-state index in [4.69, 9.17) is 5.73 Å².